The highest BCUT2D eigenvalue weighted by Gasteiger charge is 2.09. The number of rotatable bonds is 4. The second-order valence-electron chi connectivity index (χ2n) is 3.28. The van der Waals surface area contributed by atoms with Gasteiger partial charge >= 0.3 is 6.61 Å². The van der Waals surface area contributed by atoms with Crippen molar-refractivity contribution in [2.45, 2.75) is 19.6 Å². The van der Waals surface area contributed by atoms with Crippen LogP contribution < -0.4 is 10.5 Å². The van der Waals surface area contributed by atoms with Gasteiger partial charge in [-0.05, 0) is 24.6 Å². The normalized spacial score (nSPS) is 12.6. The van der Waals surface area contributed by atoms with Crippen molar-refractivity contribution in [2.75, 3.05) is 0 Å². The van der Waals surface area contributed by atoms with Crippen LogP contribution in [0.5, 0.6) is 5.75 Å². The third-order valence-corrected chi connectivity index (χ3v) is 1.97. The van der Waals surface area contributed by atoms with E-state index in [1.54, 1.807) is 19.1 Å². The molecule has 2 nitrogen and oxygen atoms in total. The molecular weight excluding hydrogens is 200 g/mol. The third kappa shape index (κ3) is 3.32. The van der Waals surface area contributed by atoms with E-state index in [-0.39, 0.29) is 11.8 Å². The summed E-state index contributed by atoms with van der Waals surface area (Å²) in [6.45, 7) is 2.67. The van der Waals surface area contributed by atoms with E-state index in [4.69, 9.17) is 5.73 Å². The van der Waals surface area contributed by atoms with Gasteiger partial charge in [-0.1, -0.05) is 24.3 Å². The van der Waals surface area contributed by atoms with Gasteiger partial charge in [-0.3, -0.25) is 0 Å². The highest BCUT2D eigenvalue weighted by molar-refractivity contribution is 5.33. The smallest absolute Gasteiger partial charge is 0.387 e. The maximum atomic E-state index is 11.9. The van der Waals surface area contributed by atoms with E-state index in [0.717, 1.165) is 5.57 Å². The van der Waals surface area contributed by atoms with Crippen molar-refractivity contribution in [1.82, 2.24) is 0 Å². The number of benzene rings is 1. The Labute approximate surface area is 87.4 Å². The summed E-state index contributed by atoms with van der Waals surface area (Å²) in [6.07, 6.45) is 0. The Bertz CT molecular complexity index is 352. The van der Waals surface area contributed by atoms with Crippen LogP contribution in [0.1, 0.15) is 18.5 Å². The summed E-state index contributed by atoms with van der Waals surface area (Å²) in [5, 5.41) is 0. The minimum atomic E-state index is -2.82. The van der Waals surface area contributed by atoms with Gasteiger partial charge < -0.3 is 10.5 Å². The number of alkyl halides is 2. The Morgan fingerprint density at radius 3 is 2.67 bits per heavy atom. The molecule has 0 saturated carbocycles. The van der Waals surface area contributed by atoms with Gasteiger partial charge in [-0.25, -0.2) is 0 Å². The fourth-order valence-corrected chi connectivity index (χ4v) is 1.17. The lowest BCUT2D eigenvalue weighted by Crippen LogP contribution is -2.11. The van der Waals surface area contributed by atoms with E-state index < -0.39 is 6.61 Å². The molecule has 0 bridgehead atoms. The summed E-state index contributed by atoms with van der Waals surface area (Å²) >= 11 is 0. The Balaban J connectivity index is 2.87. The van der Waals surface area contributed by atoms with E-state index in [1.165, 1.54) is 12.1 Å². The molecule has 1 unspecified atom stereocenters. The third-order valence-electron chi connectivity index (χ3n) is 1.97. The zero-order valence-electron chi connectivity index (χ0n) is 8.41. The van der Waals surface area contributed by atoms with Gasteiger partial charge in [0.05, 0.1) is 6.04 Å². The Kier molecular flexibility index (Phi) is 3.80. The number of nitrogens with two attached hydrogens (primary N) is 1. The minimum absolute atomic E-state index is 0.110. The predicted octanol–water partition coefficient (Wildman–Crippen LogP) is 2.86. The average Bonchev–Trinajstić information content (AvgIpc) is 2.16. The van der Waals surface area contributed by atoms with E-state index >= 15 is 0 Å². The van der Waals surface area contributed by atoms with Crippen molar-refractivity contribution in [3.63, 3.8) is 0 Å². The van der Waals surface area contributed by atoms with Gasteiger partial charge in [-0.2, -0.15) is 8.78 Å². The van der Waals surface area contributed by atoms with Crippen molar-refractivity contribution in [2.24, 2.45) is 5.73 Å². The van der Waals surface area contributed by atoms with Crippen molar-refractivity contribution >= 4 is 0 Å². The Morgan fingerprint density at radius 2 is 2.13 bits per heavy atom. The molecule has 0 amide bonds. The molecule has 2 N–H and O–H groups in total. The van der Waals surface area contributed by atoms with Gasteiger partial charge in [-0.15, -0.1) is 0 Å². The van der Waals surface area contributed by atoms with Gasteiger partial charge in [0.2, 0.25) is 0 Å². The second kappa shape index (κ2) is 4.89. The lowest BCUT2D eigenvalue weighted by atomic mass is 10.0. The number of ether oxygens (including phenoxy) is 1. The number of hydrogen-bond acceptors (Lipinski definition) is 2. The van der Waals surface area contributed by atoms with Gasteiger partial charge in [0.25, 0.3) is 0 Å². The Hall–Kier alpha value is -1.42. The van der Waals surface area contributed by atoms with Crippen LogP contribution in [0.2, 0.25) is 0 Å². The fraction of sp³-hybridized carbons (Fsp3) is 0.273. The number of hydrogen-bond donors (Lipinski definition) is 1. The van der Waals surface area contributed by atoms with E-state index in [9.17, 15) is 8.78 Å². The van der Waals surface area contributed by atoms with Crippen molar-refractivity contribution in [1.29, 1.82) is 0 Å². The predicted molar refractivity (Wildman–Crippen MR) is 54.8 cm³/mol. The molecule has 0 heterocycles. The summed E-state index contributed by atoms with van der Waals surface area (Å²) in [6, 6.07) is 5.96. The molecule has 15 heavy (non-hydrogen) atoms. The molecule has 1 aromatic rings. The molecular formula is C11H13F2NO. The van der Waals surface area contributed by atoms with Crippen LogP contribution in [0, 0.1) is 0 Å². The zero-order valence-corrected chi connectivity index (χ0v) is 8.41. The second-order valence-corrected chi connectivity index (χ2v) is 3.28. The zero-order chi connectivity index (χ0) is 11.4. The first-order valence-corrected chi connectivity index (χ1v) is 4.46. The first-order chi connectivity index (χ1) is 7.00. The van der Waals surface area contributed by atoms with Crippen LogP contribution >= 0.6 is 0 Å². The van der Waals surface area contributed by atoms with Crippen LogP contribution in [-0.4, -0.2) is 6.61 Å². The molecule has 0 fully saturated rings. The molecule has 0 aliphatic heterocycles. The van der Waals surface area contributed by atoms with Crippen LogP contribution in [0.15, 0.2) is 36.4 Å². The van der Waals surface area contributed by atoms with E-state index in [0.29, 0.717) is 5.56 Å². The molecule has 1 rings (SSSR count). The largest absolute Gasteiger partial charge is 0.435 e. The van der Waals surface area contributed by atoms with E-state index in [1.807, 2.05) is 0 Å². The summed E-state index contributed by atoms with van der Waals surface area (Å²) in [5.74, 6) is 0.110. The van der Waals surface area contributed by atoms with Crippen LogP contribution in [0.4, 0.5) is 8.78 Å². The highest BCUT2D eigenvalue weighted by atomic mass is 19.3. The summed E-state index contributed by atoms with van der Waals surface area (Å²) in [7, 11) is 0. The first kappa shape index (κ1) is 11.7. The monoisotopic (exact) mass is 213 g/mol. The van der Waals surface area contributed by atoms with E-state index in [2.05, 4.69) is 11.3 Å². The number of halogens is 2. The SMILES string of the molecule is C=C(C)C(N)c1cccc(OC(F)F)c1. The van der Waals surface area contributed by atoms with Crippen molar-refractivity contribution in [3.05, 3.63) is 42.0 Å². The molecule has 0 aromatic heterocycles. The van der Waals surface area contributed by atoms with Gasteiger partial charge in [0.1, 0.15) is 5.75 Å². The van der Waals surface area contributed by atoms with Crippen LogP contribution in [0.25, 0.3) is 0 Å². The van der Waals surface area contributed by atoms with Gasteiger partial charge in [0.15, 0.2) is 0 Å². The molecule has 0 radical (unpaired) electrons. The minimum Gasteiger partial charge on any atom is -0.435 e. The topological polar surface area (TPSA) is 35.2 Å². The molecule has 1 aromatic carbocycles. The van der Waals surface area contributed by atoms with Crippen molar-refractivity contribution < 1.29 is 13.5 Å². The lowest BCUT2D eigenvalue weighted by Gasteiger charge is -2.13. The quantitative estimate of drug-likeness (QED) is 0.780. The lowest BCUT2D eigenvalue weighted by molar-refractivity contribution is -0.0498. The average molecular weight is 213 g/mol. The van der Waals surface area contributed by atoms with Gasteiger partial charge in [0, 0.05) is 0 Å². The summed E-state index contributed by atoms with van der Waals surface area (Å²) < 4.78 is 28.1. The molecule has 82 valence electrons. The molecule has 0 spiro atoms. The highest BCUT2D eigenvalue weighted by Crippen LogP contribution is 2.22. The maximum Gasteiger partial charge on any atom is 0.387 e. The maximum absolute atomic E-state index is 11.9. The molecule has 4 heteroatoms. The summed E-state index contributed by atoms with van der Waals surface area (Å²) in [5.41, 5.74) is 7.27. The van der Waals surface area contributed by atoms with Crippen LogP contribution in [0.3, 0.4) is 0 Å². The van der Waals surface area contributed by atoms with Crippen molar-refractivity contribution in [3.8, 4) is 5.75 Å². The first-order valence-electron chi connectivity index (χ1n) is 4.46. The Morgan fingerprint density at radius 1 is 1.47 bits per heavy atom. The molecule has 1 atom stereocenters. The molecule has 0 aliphatic carbocycles. The standard InChI is InChI=1S/C11H13F2NO/c1-7(2)10(14)8-4-3-5-9(6-8)15-11(12)13/h3-6,10-11H,1,14H2,2H3. The fourth-order valence-electron chi connectivity index (χ4n) is 1.17. The molecule has 0 aliphatic rings. The molecule has 0 saturated heterocycles. The summed E-state index contributed by atoms with van der Waals surface area (Å²) in [4.78, 5) is 0. The van der Waals surface area contributed by atoms with Crippen LogP contribution in [-0.2, 0) is 0 Å².